The molecule has 2 heterocycles. The molecule has 0 saturated carbocycles. The maximum atomic E-state index is 12.1. The Morgan fingerprint density at radius 1 is 1.56 bits per heavy atom. The average molecular weight is 265 g/mol. The SMILES string of the molecule is CCc1cn[nH]c1NC(=O)c1snnc1C(C)C. The van der Waals surface area contributed by atoms with E-state index >= 15 is 0 Å². The molecule has 0 unspecified atom stereocenters. The summed E-state index contributed by atoms with van der Waals surface area (Å²) in [6.45, 7) is 5.98. The Bertz CT molecular complexity index is 545. The van der Waals surface area contributed by atoms with Crippen LogP contribution in [-0.4, -0.2) is 25.7 Å². The topological polar surface area (TPSA) is 83.6 Å². The molecule has 0 radical (unpaired) electrons. The van der Waals surface area contributed by atoms with Crippen LogP contribution in [0.2, 0.25) is 0 Å². The molecule has 2 N–H and O–H groups in total. The van der Waals surface area contributed by atoms with Crippen LogP contribution >= 0.6 is 11.5 Å². The maximum Gasteiger partial charge on any atom is 0.270 e. The third kappa shape index (κ3) is 2.40. The number of hydrogen-bond acceptors (Lipinski definition) is 5. The van der Waals surface area contributed by atoms with E-state index in [4.69, 9.17) is 0 Å². The molecule has 0 aliphatic carbocycles. The number of amides is 1. The van der Waals surface area contributed by atoms with Gasteiger partial charge < -0.3 is 5.32 Å². The van der Waals surface area contributed by atoms with Crippen LogP contribution in [-0.2, 0) is 6.42 Å². The van der Waals surface area contributed by atoms with Crippen molar-refractivity contribution in [2.24, 2.45) is 0 Å². The van der Waals surface area contributed by atoms with E-state index in [2.05, 4.69) is 25.1 Å². The summed E-state index contributed by atoms with van der Waals surface area (Å²) in [5.41, 5.74) is 1.71. The standard InChI is InChI=1S/C11H15N5OS/c1-4-7-5-12-15-10(7)13-11(17)9-8(6(2)3)14-16-18-9/h5-6H,4H2,1-3H3,(H2,12,13,15,17). The number of H-pyrrole nitrogens is 1. The first-order valence-corrected chi connectivity index (χ1v) is 6.56. The highest BCUT2D eigenvalue weighted by atomic mass is 32.1. The van der Waals surface area contributed by atoms with E-state index in [0.29, 0.717) is 10.7 Å². The highest BCUT2D eigenvalue weighted by Crippen LogP contribution is 2.21. The number of carbonyl (C=O) groups excluding carboxylic acids is 1. The first kappa shape index (κ1) is 12.7. The van der Waals surface area contributed by atoms with Gasteiger partial charge in [-0.25, -0.2) is 0 Å². The third-order valence-corrected chi connectivity index (χ3v) is 3.34. The van der Waals surface area contributed by atoms with Gasteiger partial charge in [-0.15, -0.1) is 5.10 Å². The van der Waals surface area contributed by atoms with Crippen molar-refractivity contribution in [2.75, 3.05) is 5.32 Å². The molecule has 2 aromatic rings. The molecule has 0 bridgehead atoms. The molecule has 0 saturated heterocycles. The van der Waals surface area contributed by atoms with Crippen LogP contribution in [0, 0.1) is 0 Å². The Morgan fingerprint density at radius 2 is 2.33 bits per heavy atom. The summed E-state index contributed by atoms with van der Waals surface area (Å²) >= 11 is 1.11. The minimum Gasteiger partial charge on any atom is -0.306 e. The van der Waals surface area contributed by atoms with Crippen LogP contribution in [0.4, 0.5) is 5.82 Å². The van der Waals surface area contributed by atoms with Gasteiger partial charge in [-0.3, -0.25) is 9.89 Å². The monoisotopic (exact) mass is 265 g/mol. The zero-order valence-electron chi connectivity index (χ0n) is 10.5. The number of nitrogens with one attached hydrogen (secondary N) is 2. The molecular weight excluding hydrogens is 250 g/mol. The van der Waals surface area contributed by atoms with Crippen molar-refractivity contribution < 1.29 is 4.79 Å². The smallest absolute Gasteiger partial charge is 0.270 e. The second-order valence-electron chi connectivity index (χ2n) is 4.22. The number of hydrogen-bond donors (Lipinski definition) is 2. The quantitative estimate of drug-likeness (QED) is 0.887. The van der Waals surface area contributed by atoms with Crippen LogP contribution < -0.4 is 5.32 Å². The minimum atomic E-state index is -0.187. The molecule has 2 rings (SSSR count). The van der Waals surface area contributed by atoms with Crippen LogP contribution in [0.5, 0.6) is 0 Å². The third-order valence-electron chi connectivity index (χ3n) is 2.60. The van der Waals surface area contributed by atoms with Gasteiger partial charge in [-0.1, -0.05) is 25.3 Å². The van der Waals surface area contributed by atoms with Crippen molar-refractivity contribution in [3.8, 4) is 0 Å². The molecule has 7 heteroatoms. The molecule has 0 aliphatic rings. The number of aromatic nitrogens is 4. The Hall–Kier alpha value is -1.76. The van der Waals surface area contributed by atoms with Crippen LogP contribution in [0.15, 0.2) is 6.20 Å². The van der Waals surface area contributed by atoms with Gasteiger partial charge in [0.15, 0.2) is 0 Å². The molecule has 0 aliphatic heterocycles. The van der Waals surface area contributed by atoms with E-state index in [0.717, 1.165) is 29.2 Å². The zero-order chi connectivity index (χ0) is 13.1. The summed E-state index contributed by atoms with van der Waals surface area (Å²) in [6.07, 6.45) is 2.52. The summed E-state index contributed by atoms with van der Waals surface area (Å²) in [5, 5.41) is 13.5. The van der Waals surface area contributed by atoms with Crippen molar-refractivity contribution in [1.82, 2.24) is 19.8 Å². The highest BCUT2D eigenvalue weighted by Gasteiger charge is 2.19. The van der Waals surface area contributed by atoms with Gasteiger partial charge in [-0.05, 0) is 23.9 Å². The molecule has 6 nitrogen and oxygen atoms in total. The summed E-state index contributed by atoms with van der Waals surface area (Å²) in [6, 6.07) is 0. The lowest BCUT2D eigenvalue weighted by atomic mass is 10.1. The molecule has 18 heavy (non-hydrogen) atoms. The predicted molar refractivity (Wildman–Crippen MR) is 69.9 cm³/mol. The minimum absolute atomic E-state index is 0.178. The van der Waals surface area contributed by atoms with Crippen molar-refractivity contribution in [3.63, 3.8) is 0 Å². The number of nitrogens with zero attached hydrogens (tertiary/aromatic N) is 3. The van der Waals surface area contributed by atoms with Gasteiger partial charge >= 0.3 is 0 Å². The van der Waals surface area contributed by atoms with Crippen molar-refractivity contribution in [3.05, 3.63) is 22.3 Å². The molecule has 2 aromatic heterocycles. The second kappa shape index (κ2) is 5.26. The molecule has 0 spiro atoms. The summed E-state index contributed by atoms with van der Waals surface area (Å²) in [4.78, 5) is 12.7. The Morgan fingerprint density at radius 3 is 3.00 bits per heavy atom. The summed E-state index contributed by atoms with van der Waals surface area (Å²) in [7, 11) is 0. The van der Waals surface area contributed by atoms with Crippen molar-refractivity contribution >= 4 is 23.3 Å². The van der Waals surface area contributed by atoms with Gasteiger partial charge in [0.25, 0.3) is 5.91 Å². The Labute approximate surface area is 109 Å². The lowest BCUT2D eigenvalue weighted by Crippen LogP contribution is -2.14. The van der Waals surface area contributed by atoms with E-state index < -0.39 is 0 Å². The predicted octanol–water partition coefficient (Wildman–Crippen LogP) is 2.20. The molecule has 0 aromatic carbocycles. The summed E-state index contributed by atoms with van der Waals surface area (Å²) < 4.78 is 3.84. The van der Waals surface area contributed by atoms with Crippen LogP contribution in [0.25, 0.3) is 0 Å². The summed E-state index contributed by atoms with van der Waals surface area (Å²) in [5.74, 6) is 0.634. The number of anilines is 1. The second-order valence-corrected chi connectivity index (χ2v) is 4.97. The average Bonchev–Trinajstić information content (AvgIpc) is 2.96. The van der Waals surface area contributed by atoms with Crippen molar-refractivity contribution in [2.45, 2.75) is 33.1 Å². The van der Waals surface area contributed by atoms with E-state index in [9.17, 15) is 4.79 Å². The fourth-order valence-electron chi connectivity index (χ4n) is 1.59. The molecular formula is C11H15N5OS. The lowest BCUT2D eigenvalue weighted by Gasteiger charge is -2.05. The van der Waals surface area contributed by atoms with Gasteiger partial charge in [0, 0.05) is 5.56 Å². The van der Waals surface area contributed by atoms with E-state index in [-0.39, 0.29) is 11.8 Å². The van der Waals surface area contributed by atoms with E-state index in [1.165, 1.54) is 0 Å². The molecule has 96 valence electrons. The lowest BCUT2D eigenvalue weighted by molar-refractivity contribution is 0.102. The zero-order valence-corrected chi connectivity index (χ0v) is 11.3. The Balaban J connectivity index is 2.20. The van der Waals surface area contributed by atoms with Gasteiger partial charge in [0.2, 0.25) is 0 Å². The van der Waals surface area contributed by atoms with E-state index in [1.807, 2.05) is 20.8 Å². The number of aryl methyl sites for hydroxylation is 1. The molecule has 1 amide bonds. The highest BCUT2D eigenvalue weighted by molar-refractivity contribution is 7.08. The van der Waals surface area contributed by atoms with Crippen LogP contribution in [0.3, 0.4) is 0 Å². The largest absolute Gasteiger partial charge is 0.306 e. The first-order valence-electron chi connectivity index (χ1n) is 5.79. The fraction of sp³-hybridized carbons (Fsp3) is 0.455. The number of rotatable bonds is 4. The van der Waals surface area contributed by atoms with Crippen molar-refractivity contribution in [1.29, 1.82) is 0 Å². The van der Waals surface area contributed by atoms with Gasteiger partial charge in [0.1, 0.15) is 10.7 Å². The van der Waals surface area contributed by atoms with Crippen LogP contribution in [0.1, 0.15) is 47.6 Å². The Kier molecular flexibility index (Phi) is 3.71. The normalized spacial score (nSPS) is 10.9. The molecule has 0 atom stereocenters. The molecule has 0 fully saturated rings. The van der Waals surface area contributed by atoms with E-state index in [1.54, 1.807) is 6.20 Å². The number of aromatic amines is 1. The van der Waals surface area contributed by atoms with Gasteiger partial charge in [0.05, 0.1) is 11.9 Å². The first-order chi connectivity index (χ1) is 8.63. The maximum absolute atomic E-state index is 12.1. The van der Waals surface area contributed by atoms with Gasteiger partial charge in [-0.2, -0.15) is 5.10 Å². The fourth-order valence-corrected chi connectivity index (χ4v) is 2.30. The number of carbonyl (C=O) groups is 1.